The van der Waals surface area contributed by atoms with Crippen LogP contribution in [0.3, 0.4) is 0 Å². The molecule has 5 rings (SSSR count). The molecule has 1 saturated carbocycles. The Morgan fingerprint density at radius 2 is 1.53 bits per heavy atom. The lowest BCUT2D eigenvalue weighted by molar-refractivity contribution is -0.154. The SMILES string of the molecule is O=C(NS(=O)(=O)c1ccc(F)cc1)c1ccc(Nc2nc(NC3(c4ccc(Cl)cc4)CC3)nc(OCC(F)(F)F)n2)cc1. The van der Waals surface area contributed by atoms with Crippen LogP contribution in [-0.4, -0.2) is 42.1 Å². The molecule has 0 aliphatic heterocycles. The number of anilines is 3. The number of carbonyl (C=O) groups excluding carboxylic acids is 1. The fraction of sp³-hybridized carbons (Fsp3) is 0.185. The summed E-state index contributed by atoms with van der Waals surface area (Å²) in [6, 6.07) is 15.9. The Morgan fingerprint density at radius 1 is 0.907 bits per heavy atom. The van der Waals surface area contributed by atoms with E-state index in [0.29, 0.717) is 23.6 Å². The third-order valence-electron chi connectivity index (χ3n) is 6.23. The highest BCUT2D eigenvalue weighted by atomic mass is 35.5. The predicted octanol–water partition coefficient (Wildman–Crippen LogP) is 5.57. The summed E-state index contributed by atoms with van der Waals surface area (Å²) in [4.78, 5) is 24.4. The molecule has 1 aromatic heterocycles. The van der Waals surface area contributed by atoms with E-state index < -0.39 is 46.1 Å². The molecule has 0 atom stereocenters. The van der Waals surface area contributed by atoms with Crippen molar-refractivity contribution >= 4 is 45.1 Å². The van der Waals surface area contributed by atoms with E-state index in [4.69, 9.17) is 16.3 Å². The zero-order valence-electron chi connectivity index (χ0n) is 21.8. The highest BCUT2D eigenvalue weighted by Crippen LogP contribution is 2.48. The van der Waals surface area contributed by atoms with Crippen molar-refractivity contribution < 1.29 is 35.5 Å². The largest absolute Gasteiger partial charge is 0.454 e. The highest BCUT2D eigenvalue weighted by Gasteiger charge is 2.45. The number of carbonyl (C=O) groups is 1. The van der Waals surface area contributed by atoms with Crippen LogP contribution in [0.4, 0.5) is 35.1 Å². The average Bonchev–Trinajstić information content (AvgIpc) is 3.72. The van der Waals surface area contributed by atoms with Gasteiger partial charge in [0.2, 0.25) is 11.9 Å². The van der Waals surface area contributed by atoms with Gasteiger partial charge in [-0.15, -0.1) is 0 Å². The number of hydrogen-bond donors (Lipinski definition) is 3. The maximum absolute atomic E-state index is 13.1. The van der Waals surface area contributed by atoms with Crippen molar-refractivity contribution in [3.05, 3.63) is 94.8 Å². The molecule has 0 radical (unpaired) electrons. The summed E-state index contributed by atoms with van der Waals surface area (Å²) in [6.45, 7) is -1.62. The molecule has 3 aromatic carbocycles. The van der Waals surface area contributed by atoms with Gasteiger partial charge in [-0.2, -0.15) is 28.1 Å². The van der Waals surface area contributed by atoms with Gasteiger partial charge >= 0.3 is 12.2 Å². The van der Waals surface area contributed by atoms with E-state index in [2.05, 4.69) is 25.6 Å². The van der Waals surface area contributed by atoms with Crippen molar-refractivity contribution in [2.75, 3.05) is 17.2 Å². The predicted molar refractivity (Wildman–Crippen MR) is 148 cm³/mol. The lowest BCUT2D eigenvalue weighted by atomic mass is 10.1. The summed E-state index contributed by atoms with van der Waals surface area (Å²) < 4.78 is 83.1. The molecule has 0 unspecified atom stereocenters. The van der Waals surface area contributed by atoms with E-state index in [1.807, 2.05) is 16.9 Å². The van der Waals surface area contributed by atoms with Gasteiger partial charge in [-0.1, -0.05) is 23.7 Å². The van der Waals surface area contributed by atoms with E-state index in [1.165, 1.54) is 24.3 Å². The third-order valence-corrected chi connectivity index (χ3v) is 7.83. The summed E-state index contributed by atoms with van der Waals surface area (Å²) in [5.41, 5.74) is 0.631. The molecule has 3 N–H and O–H groups in total. The summed E-state index contributed by atoms with van der Waals surface area (Å²) >= 11 is 5.99. The fourth-order valence-electron chi connectivity index (χ4n) is 3.96. The van der Waals surface area contributed by atoms with Gasteiger partial charge in [0, 0.05) is 16.3 Å². The number of benzene rings is 3. The van der Waals surface area contributed by atoms with Crippen LogP contribution in [0.2, 0.25) is 5.02 Å². The van der Waals surface area contributed by atoms with Gasteiger partial charge in [0.15, 0.2) is 6.61 Å². The molecular formula is C27H21ClF4N6O4S. The van der Waals surface area contributed by atoms with Crippen LogP contribution in [-0.2, 0) is 15.6 Å². The Morgan fingerprint density at radius 3 is 2.14 bits per heavy atom. The second-order valence-electron chi connectivity index (χ2n) is 9.47. The molecule has 10 nitrogen and oxygen atoms in total. The quantitative estimate of drug-likeness (QED) is 0.191. The molecule has 0 spiro atoms. The smallest absolute Gasteiger partial charge is 0.422 e. The lowest BCUT2D eigenvalue weighted by Gasteiger charge is -2.19. The zero-order valence-corrected chi connectivity index (χ0v) is 23.4. The van der Waals surface area contributed by atoms with Gasteiger partial charge in [-0.05, 0) is 79.1 Å². The number of nitrogens with zero attached hydrogens (tertiary/aromatic N) is 3. The average molecular weight is 637 g/mol. The van der Waals surface area contributed by atoms with Gasteiger partial charge in [0.05, 0.1) is 10.4 Å². The summed E-state index contributed by atoms with van der Waals surface area (Å²) in [5.74, 6) is -1.77. The van der Waals surface area contributed by atoms with Crippen LogP contribution in [0.25, 0.3) is 0 Å². The van der Waals surface area contributed by atoms with E-state index in [1.54, 1.807) is 12.1 Å². The normalized spacial score (nSPS) is 14.1. The zero-order chi connectivity index (χ0) is 30.8. The van der Waals surface area contributed by atoms with Gasteiger partial charge in [0.1, 0.15) is 5.82 Å². The van der Waals surface area contributed by atoms with Crippen molar-refractivity contribution in [1.82, 2.24) is 19.7 Å². The Hall–Kier alpha value is -4.50. The molecular weight excluding hydrogens is 616 g/mol. The number of rotatable bonds is 10. The van der Waals surface area contributed by atoms with Crippen LogP contribution in [0.15, 0.2) is 77.7 Å². The number of alkyl halides is 3. The summed E-state index contributed by atoms with van der Waals surface area (Å²) in [5, 5.41) is 6.52. The van der Waals surface area contributed by atoms with E-state index in [-0.39, 0.29) is 22.4 Å². The molecule has 1 amide bonds. The number of aromatic nitrogens is 3. The van der Waals surface area contributed by atoms with E-state index in [9.17, 15) is 30.8 Å². The summed E-state index contributed by atoms with van der Waals surface area (Å²) in [6.07, 6.45) is -3.21. The lowest BCUT2D eigenvalue weighted by Crippen LogP contribution is -2.30. The second-order valence-corrected chi connectivity index (χ2v) is 11.6. The first kappa shape index (κ1) is 30.0. The first-order chi connectivity index (χ1) is 20.3. The molecule has 43 heavy (non-hydrogen) atoms. The van der Waals surface area contributed by atoms with Crippen molar-refractivity contribution in [2.45, 2.75) is 29.5 Å². The number of ether oxygens (including phenoxy) is 1. The number of nitrogens with one attached hydrogen (secondary N) is 3. The van der Waals surface area contributed by atoms with Gasteiger partial charge in [-0.3, -0.25) is 4.79 Å². The van der Waals surface area contributed by atoms with Crippen molar-refractivity contribution in [2.24, 2.45) is 0 Å². The van der Waals surface area contributed by atoms with Gasteiger partial charge in [0.25, 0.3) is 15.9 Å². The van der Waals surface area contributed by atoms with Crippen LogP contribution >= 0.6 is 11.6 Å². The van der Waals surface area contributed by atoms with Crippen molar-refractivity contribution in [3.8, 4) is 6.01 Å². The Labute approximate surface area is 247 Å². The minimum atomic E-state index is -4.63. The minimum absolute atomic E-state index is 0.0259. The van der Waals surface area contributed by atoms with Crippen LogP contribution in [0.5, 0.6) is 6.01 Å². The third kappa shape index (κ3) is 7.67. The number of sulfonamides is 1. The number of hydrogen-bond acceptors (Lipinski definition) is 9. The van der Waals surface area contributed by atoms with Crippen molar-refractivity contribution in [1.29, 1.82) is 0 Å². The molecule has 0 saturated heterocycles. The highest BCUT2D eigenvalue weighted by molar-refractivity contribution is 7.90. The molecule has 1 fully saturated rings. The molecule has 224 valence electrons. The maximum Gasteiger partial charge on any atom is 0.422 e. The van der Waals surface area contributed by atoms with Crippen LogP contribution in [0, 0.1) is 5.82 Å². The van der Waals surface area contributed by atoms with E-state index in [0.717, 1.165) is 29.8 Å². The van der Waals surface area contributed by atoms with E-state index >= 15 is 0 Å². The van der Waals surface area contributed by atoms with Crippen molar-refractivity contribution in [3.63, 3.8) is 0 Å². The topological polar surface area (TPSA) is 135 Å². The fourth-order valence-corrected chi connectivity index (χ4v) is 5.06. The minimum Gasteiger partial charge on any atom is -0.454 e. The Bertz CT molecular complexity index is 1740. The molecule has 1 aliphatic rings. The molecule has 1 heterocycles. The monoisotopic (exact) mass is 636 g/mol. The second kappa shape index (κ2) is 11.6. The Balaban J connectivity index is 1.33. The van der Waals surface area contributed by atoms with Crippen LogP contribution < -0.4 is 20.1 Å². The maximum atomic E-state index is 13.1. The molecule has 4 aromatic rings. The molecule has 1 aliphatic carbocycles. The molecule has 0 bridgehead atoms. The standard InChI is InChI=1S/C27H21ClF4N6O4S/c28-18-5-3-17(4-6-18)26(13-14-26)37-24-34-23(35-25(36-24)42-15-27(30,31)32)33-20-9-1-16(2-10-20)22(39)38-43(40,41)21-11-7-19(29)8-12-21/h1-12H,13-15H2,(H,38,39)(H2,33,34,35,36,37). The van der Waals surface area contributed by atoms with Crippen LogP contribution in [0.1, 0.15) is 28.8 Å². The number of halogens is 5. The first-order valence-electron chi connectivity index (χ1n) is 12.5. The van der Waals surface area contributed by atoms with Gasteiger partial charge < -0.3 is 15.4 Å². The Kier molecular flexibility index (Phi) is 8.12. The first-order valence-corrected chi connectivity index (χ1v) is 14.4. The molecule has 16 heteroatoms. The van der Waals surface area contributed by atoms with Gasteiger partial charge in [-0.25, -0.2) is 17.5 Å². The summed E-state index contributed by atoms with van der Waals surface area (Å²) in [7, 11) is -4.26. The number of amides is 1.